The van der Waals surface area contributed by atoms with E-state index in [-0.39, 0.29) is 0 Å². The number of hydrogen-bond acceptors (Lipinski definition) is 4. The van der Waals surface area contributed by atoms with Crippen molar-refractivity contribution in [3.8, 4) is 39.7 Å². The zero-order valence-corrected chi connectivity index (χ0v) is 28.7. The fourth-order valence-corrected chi connectivity index (χ4v) is 9.04. The normalized spacial score (nSPS) is 11.8. The van der Waals surface area contributed by atoms with Gasteiger partial charge in [0.2, 0.25) is 0 Å². The number of thiophene rings is 1. The predicted molar refractivity (Wildman–Crippen MR) is 218 cm³/mol. The maximum atomic E-state index is 5.55. The first-order chi connectivity index (χ1) is 25.8. The van der Waals surface area contributed by atoms with Gasteiger partial charge in [0.1, 0.15) is 5.82 Å². The maximum absolute atomic E-state index is 5.55. The molecule has 0 fully saturated rings. The standard InChI is InChI=1S/C47H28N4S/c1-3-14-29(15-4-1)45-36-26-27-41-44(34-20-9-12-25-40(34)52-41)43(36)35-22-13-21-33(46(35)50-45)37-28-42(49-47(48-37)30-16-5-2-6-17-30)51-38-23-10-7-18-31(38)32-19-8-11-24-39(32)51/h1-28H. The lowest BCUT2D eigenvalue weighted by Gasteiger charge is -2.16. The smallest absolute Gasteiger partial charge is 0.162 e. The second kappa shape index (κ2) is 11.4. The van der Waals surface area contributed by atoms with Gasteiger partial charge in [-0.25, -0.2) is 15.0 Å². The average molecular weight is 681 g/mol. The summed E-state index contributed by atoms with van der Waals surface area (Å²) >= 11 is 1.85. The van der Waals surface area contributed by atoms with Crippen molar-refractivity contribution < 1.29 is 0 Å². The third-order valence-electron chi connectivity index (χ3n) is 10.2. The summed E-state index contributed by atoms with van der Waals surface area (Å²) in [5.41, 5.74) is 7.93. The zero-order valence-electron chi connectivity index (χ0n) is 27.9. The van der Waals surface area contributed by atoms with Crippen molar-refractivity contribution in [2.75, 3.05) is 0 Å². The fraction of sp³-hybridized carbons (Fsp3) is 0. The number of pyridine rings is 1. The number of aromatic nitrogens is 4. The topological polar surface area (TPSA) is 43.6 Å². The van der Waals surface area contributed by atoms with E-state index in [1.54, 1.807) is 0 Å². The molecule has 0 amide bonds. The number of para-hydroxylation sites is 3. The highest BCUT2D eigenvalue weighted by molar-refractivity contribution is 7.26. The molecule has 0 N–H and O–H groups in total. The van der Waals surface area contributed by atoms with Crippen LogP contribution in [0.5, 0.6) is 0 Å². The molecule has 4 heterocycles. The Morgan fingerprint density at radius 3 is 1.81 bits per heavy atom. The number of nitrogens with zero attached hydrogens (tertiary/aromatic N) is 4. The van der Waals surface area contributed by atoms with E-state index >= 15 is 0 Å². The van der Waals surface area contributed by atoms with Gasteiger partial charge in [0, 0.05) is 69.9 Å². The first-order valence-corrected chi connectivity index (χ1v) is 18.3. The monoisotopic (exact) mass is 680 g/mol. The molecule has 0 radical (unpaired) electrons. The van der Waals surface area contributed by atoms with Gasteiger partial charge in [-0.1, -0.05) is 140 Å². The largest absolute Gasteiger partial charge is 0.294 e. The van der Waals surface area contributed by atoms with Crippen molar-refractivity contribution in [1.82, 2.24) is 19.5 Å². The molecular formula is C47H28N4S. The highest BCUT2D eigenvalue weighted by Gasteiger charge is 2.21. The second-order valence-corrected chi connectivity index (χ2v) is 14.2. The number of fused-ring (bicyclic) bond motifs is 10. The van der Waals surface area contributed by atoms with Gasteiger partial charge in [-0.2, -0.15) is 0 Å². The third-order valence-corrected chi connectivity index (χ3v) is 11.3. The Labute approximate surface area is 302 Å². The summed E-state index contributed by atoms with van der Waals surface area (Å²) in [4.78, 5) is 16.1. The quantitative estimate of drug-likeness (QED) is 0.174. The Hall–Kier alpha value is -6.69. The predicted octanol–water partition coefficient (Wildman–Crippen LogP) is 12.6. The SMILES string of the molecule is c1ccc(-c2nc(-c3cccc4c3nc(-c3ccccc3)c3ccc5sc6ccccc6c5c34)cc(-n3c4ccccc4c4ccccc43)n2)cc1. The van der Waals surface area contributed by atoms with Crippen LogP contribution in [0.1, 0.15) is 0 Å². The van der Waals surface area contributed by atoms with Gasteiger partial charge in [-0.3, -0.25) is 4.57 Å². The van der Waals surface area contributed by atoms with Gasteiger partial charge < -0.3 is 0 Å². The van der Waals surface area contributed by atoms with Crippen LogP contribution in [0.3, 0.4) is 0 Å². The Morgan fingerprint density at radius 1 is 0.423 bits per heavy atom. The van der Waals surface area contributed by atoms with Crippen LogP contribution in [0.15, 0.2) is 170 Å². The average Bonchev–Trinajstić information content (AvgIpc) is 3.77. The molecule has 0 spiro atoms. The van der Waals surface area contributed by atoms with Crippen molar-refractivity contribution in [2.45, 2.75) is 0 Å². The maximum Gasteiger partial charge on any atom is 0.162 e. The first kappa shape index (κ1) is 29.1. The van der Waals surface area contributed by atoms with E-state index in [9.17, 15) is 0 Å². The number of rotatable bonds is 4. The Balaban J connectivity index is 1.27. The molecule has 4 nitrogen and oxygen atoms in total. The van der Waals surface area contributed by atoms with E-state index in [0.29, 0.717) is 5.82 Å². The molecule has 0 aliphatic carbocycles. The lowest BCUT2D eigenvalue weighted by atomic mass is 9.94. The molecule has 52 heavy (non-hydrogen) atoms. The lowest BCUT2D eigenvalue weighted by molar-refractivity contribution is 1.05. The Morgan fingerprint density at radius 2 is 1.06 bits per heavy atom. The van der Waals surface area contributed by atoms with Gasteiger partial charge in [0.15, 0.2) is 5.82 Å². The van der Waals surface area contributed by atoms with Crippen molar-refractivity contribution >= 4 is 75.0 Å². The molecule has 0 saturated carbocycles. The van der Waals surface area contributed by atoms with Crippen molar-refractivity contribution in [1.29, 1.82) is 0 Å². The fourth-order valence-electron chi connectivity index (χ4n) is 7.93. The van der Waals surface area contributed by atoms with Gasteiger partial charge in [0.05, 0.1) is 27.9 Å². The van der Waals surface area contributed by atoms with E-state index in [1.807, 2.05) is 29.5 Å². The lowest BCUT2D eigenvalue weighted by Crippen LogP contribution is -2.03. The Kier molecular flexibility index (Phi) is 6.39. The molecule has 0 bridgehead atoms. The van der Waals surface area contributed by atoms with E-state index < -0.39 is 0 Å². The number of benzene rings is 7. The van der Waals surface area contributed by atoms with E-state index in [1.165, 1.54) is 36.3 Å². The first-order valence-electron chi connectivity index (χ1n) is 17.5. The molecule has 242 valence electrons. The third kappa shape index (κ3) is 4.36. The summed E-state index contributed by atoms with van der Waals surface area (Å²) in [6.45, 7) is 0. The van der Waals surface area contributed by atoms with Gasteiger partial charge in [-0.15, -0.1) is 11.3 Å². The van der Waals surface area contributed by atoms with Crippen molar-refractivity contribution in [3.05, 3.63) is 170 Å². The van der Waals surface area contributed by atoms with Crippen LogP contribution in [0, 0.1) is 0 Å². The van der Waals surface area contributed by atoms with Gasteiger partial charge >= 0.3 is 0 Å². The summed E-state index contributed by atoms with van der Waals surface area (Å²) in [5, 5.41) is 8.41. The van der Waals surface area contributed by atoms with Crippen molar-refractivity contribution in [2.24, 2.45) is 0 Å². The molecule has 4 aromatic heterocycles. The summed E-state index contributed by atoms with van der Waals surface area (Å²) in [5.74, 6) is 1.48. The highest BCUT2D eigenvalue weighted by Crippen LogP contribution is 2.45. The second-order valence-electron chi connectivity index (χ2n) is 13.2. The molecule has 11 rings (SSSR count). The molecule has 5 heteroatoms. The van der Waals surface area contributed by atoms with Crippen LogP contribution < -0.4 is 0 Å². The van der Waals surface area contributed by atoms with Crippen LogP contribution >= 0.6 is 11.3 Å². The van der Waals surface area contributed by atoms with E-state index in [2.05, 4.69) is 156 Å². The molecule has 0 unspecified atom stereocenters. The Bertz CT molecular complexity index is 3130. The minimum absolute atomic E-state index is 0.669. The van der Waals surface area contributed by atoms with Gasteiger partial charge in [-0.05, 0) is 24.3 Å². The molecule has 11 aromatic rings. The minimum Gasteiger partial charge on any atom is -0.294 e. The summed E-state index contributed by atoms with van der Waals surface area (Å²) < 4.78 is 4.83. The van der Waals surface area contributed by atoms with Crippen LogP contribution in [-0.2, 0) is 0 Å². The summed E-state index contributed by atoms with van der Waals surface area (Å²) in [7, 11) is 0. The highest BCUT2D eigenvalue weighted by atomic mass is 32.1. The van der Waals surface area contributed by atoms with Crippen molar-refractivity contribution in [3.63, 3.8) is 0 Å². The van der Waals surface area contributed by atoms with E-state index in [0.717, 1.165) is 61.2 Å². The molecule has 0 atom stereocenters. The molecule has 0 aliphatic rings. The molecule has 0 aliphatic heterocycles. The van der Waals surface area contributed by atoms with Crippen LogP contribution in [0.2, 0.25) is 0 Å². The van der Waals surface area contributed by atoms with Crippen LogP contribution in [-0.4, -0.2) is 19.5 Å². The molecule has 7 aromatic carbocycles. The van der Waals surface area contributed by atoms with Gasteiger partial charge in [0.25, 0.3) is 0 Å². The molecule has 0 saturated heterocycles. The molecular weight excluding hydrogens is 653 g/mol. The minimum atomic E-state index is 0.669. The van der Waals surface area contributed by atoms with Crippen LogP contribution in [0.25, 0.3) is 103 Å². The van der Waals surface area contributed by atoms with E-state index in [4.69, 9.17) is 15.0 Å². The number of hydrogen-bond donors (Lipinski definition) is 0. The summed E-state index contributed by atoms with van der Waals surface area (Å²) in [6.07, 6.45) is 0. The van der Waals surface area contributed by atoms with Crippen LogP contribution in [0.4, 0.5) is 0 Å². The summed E-state index contributed by atoms with van der Waals surface area (Å²) in [6, 6.07) is 59.9. The zero-order chi connectivity index (χ0) is 34.2.